The summed E-state index contributed by atoms with van der Waals surface area (Å²) in [5.74, 6) is -0.193. The highest BCUT2D eigenvalue weighted by molar-refractivity contribution is 5.91. The molecule has 5 nitrogen and oxygen atoms in total. The lowest BCUT2D eigenvalue weighted by Gasteiger charge is -2.19. The van der Waals surface area contributed by atoms with Gasteiger partial charge in [-0.2, -0.15) is 0 Å². The van der Waals surface area contributed by atoms with Gasteiger partial charge in [0.25, 0.3) is 0 Å². The second kappa shape index (κ2) is 10.0. The van der Waals surface area contributed by atoms with Crippen LogP contribution in [0.5, 0.6) is 11.5 Å². The van der Waals surface area contributed by atoms with Crippen LogP contribution >= 0.6 is 0 Å². The number of nitrogens with one attached hydrogen (secondary N) is 1. The summed E-state index contributed by atoms with van der Waals surface area (Å²) < 4.78 is 19.7. The van der Waals surface area contributed by atoms with Gasteiger partial charge in [0, 0.05) is 38.1 Å². The van der Waals surface area contributed by atoms with E-state index in [-0.39, 0.29) is 11.7 Å². The molecule has 0 bridgehead atoms. The van der Waals surface area contributed by atoms with Crippen molar-refractivity contribution in [1.29, 1.82) is 0 Å². The van der Waals surface area contributed by atoms with Crippen LogP contribution in [0.2, 0.25) is 0 Å². The minimum atomic E-state index is -0.513. The van der Waals surface area contributed by atoms with Crippen molar-refractivity contribution in [2.24, 2.45) is 0 Å². The minimum Gasteiger partial charge on any atom is -0.453 e. The largest absolute Gasteiger partial charge is 0.453 e. The van der Waals surface area contributed by atoms with Crippen molar-refractivity contribution >= 4 is 17.7 Å². The predicted molar refractivity (Wildman–Crippen MR) is 112 cm³/mol. The van der Waals surface area contributed by atoms with Gasteiger partial charge in [-0.3, -0.25) is 9.78 Å². The molecule has 1 heterocycles. The van der Waals surface area contributed by atoms with E-state index in [9.17, 15) is 9.18 Å². The Bertz CT molecular complexity index is 962. The van der Waals surface area contributed by atoms with E-state index in [0.29, 0.717) is 24.4 Å². The van der Waals surface area contributed by atoms with Crippen LogP contribution < -0.4 is 15.0 Å². The summed E-state index contributed by atoms with van der Waals surface area (Å²) in [4.78, 5) is 18.0. The smallest absolute Gasteiger partial charge is 0.244 e. The predicted octanol–water partition coefficient (Wildman–Crippen LogP) is 4.28. The molecule has 0 saturated heterocycles. The summed E-state index contributed by atoms with van der Waals surface area (Å²) in [5, 5.41) is 2.82. The lowest BCUT2D eigenvalue weighted by Crippen LogP contribution is -2.31. The van der Waals surface area contributed by atoms with Gasteiger partial charge in [-0.25, -0.2) is 4.39 Å². The first-order valence-corrected chi connectivity index (χ1v) is 9.21. The number of halogens is 1. The summed E-state index contributed by atoms with van der Waals surface area (Å²) in [6.45, 7) is 1.18. The van der Waals surface area contributed by atoms with Gasteiger partial charge in [-0.05, 0) is 48.0 Å². The monoisotopic (exact) mass is 391 g/mol. The van der Waals surface area contributed by atoms with Gasteiger partial charge in [-0.1, -0.05) is 24.3 Å². The van der Waals surface area contributed by atoms with Crippen molar-refractivity contribution in [3.8, 4) is 11.5 Å². The molecule has 0 atom stereocenters. The number of carbonyl (C=O) groups excluding carboxylic acids is 1. The molecule has 1 N–H and O–H groups in total. The van der Waals surface area contributed by atoms with E-state index >= 15 is 0 Å². The molecule has 0 unspecified atom stereocenters. The SMILES string of the molecule is CN(CCNC(=O)/C=C/c1ccc(Oc2cccnc2)c(F)c1)c1ccccc1. The summed E-state index contributed by atoms with van der Waals surface area (Å²) in [6.07, 6.45) is 6.07. The Labute approximate surface area is 169 Å². The van der Waals surface area contributed by atoms with Crippen molar-refractivity contribution in [2.75, 3.05) is 25.0 Å². The molecule has 0 spiro atoms. The molecule has 0 saturated carbocycles. The second-order valence-electron chi connectivity index (χ2n) is 6.36. The molecular weight excluding hydrogens is 369 g/mol. The standard InChI is InChI=1S/C23H22FN3O2/c1-27(19-6-3-2-4-7-19)15-14-26-23(28)12-10-18-9-11-22(21(24)16-18)29-20-8-5-13-25-17-20/h2-13,16-17H,14-15H2,1H3,(H,26,28)/b12-10+. The fourth-order valence-corrected chi connectivity index (χ4v) is 2.63. The molecule has 1 aromatic heterocycles. The highest BCUT2D eigenvalue weighted by Gasteiger charge is 2.06. The zero-order valence-electron chi connectivity index (χ0n) is 16.1. The number of rotatable bonds is 8. The first-order chi connectivity index (χ1) is 14.1. The Hall–Kier alpha value is -3.67. The zero-order valence-corrected chi connectivity index (χ0v) is 16.1. The summed E-state index contributed by atoms with van der Waals surface area (Å²) >= 11 is 0. The summed E-state index contributed by atoms with van der Waals surface area (Å²) in [6, 6.07) is 17.9. The van der Waals surface area contributed by atoms with Crippen LogP contribution in [-0.4, -0.2) is 31.0 Å². The zero-order chi connectivity index (χ0) is 20.5. The van der Waals surface area contributed by atoms with Crippen LogP contribution in [0.25, 0.3) is 6.08 Å². The van der Waals surface area contributed by atoms with Crippen LogP contribution in [0.4, 0.5) is 10.1 Å². The van der Waals surface area contributed by atoms with E-state index in [1.54, 1.807) is 30.5 Å². The van der Waals surface area contributed by atoms with Gasteiger partial charge in [0.2, 0.25) is 5.91 Å². The van der Waals surface area contributed by atoms with Gasteiger partial charge < -0.3 is 15.0 Å². The Kier molecular flexibility index (Phi) is 6.95. The molecule has 0 aliphatic heterocycles. The number of aromatic nitrogens is 1. The van der Waals surface area contributed by atoms with Crippen LogP contribution in [0, 0.1) is 5.82 Å². The van der Waals surface area contributed by atoms with Gasteiger partial charge in [0.1, 0.15) is 5.75 Å². The van der Waals surface area contributed by atoms with E-state index in [1.165, 1.54) is 24.4 Å². The number of hydrogen-bond donors (Lipinski definition) is 1. The number of nitrogens with zero attached hydrogens (tertiary/aromatic N) is 2. The molecule has 0 fully saturated rings. The van der Waals surface area contributed by atoms with Crippen LogP contribution in [-0.2, 0) is 4.79 Å². The lowest BCUT2D eigenvalue weighted by atomic mass is 10.2. The van der Waals surface area contributed by atoms with Crippen molar-refractivity contribution in [1.82, 2.24) is 10.3 Å². The molecule has 3 aromatic rings. The maximum Gasteiger partial charge on any atom is 0.244 e. The Morgan fingerprint density at radius 3 is 2.72 bits per heavy atom. The maximum atomic E-state index is 14.2. The fraction of sp³-hybridized carbons (Fsp3) is 0.130. The molecule has 0 aliphatic carbocycles. The van der Waals surface area contributed by atoms with Gasteiger partial charge >= 0.3 is 0 Å². The number of benzene rings is 2. The number of anilines is 1. The normalized spacial score (nSPS) is 10.7. The number of para-hydroxylation sites is 1. The van der Waals surface area contributed by atoms with Crippen LogP contribution in [0.3, 0.4) is 0 Å². The first kappa shape index (κ1) is 20.1. The summed E-state index contributed by atoms with van der Waals surface area (Å²) in [5.41, 5.74) is 1.65. The Balaban J connectivity index is 1.49. The highest BCUT2D eigenvalue weighted by Crippen LogP contribution is 2.24. The Morgan fingerprint density at radius 2 is 2.00 bits per heavy atom. The minimum absolute atomic E-state index is 0.101. The van der Waals surface area contributed by atoms with Gasteiger partial charge in [0.15, 0.2) is 11.6 Å². The van der Waals surface area contributed by atoms with Crippen molar-refractivity contribution in [2.45, 2.75) is 0 Å². The molecule has 0 radical (unpaired) electrons. The quantitative estimate of drug-likeness (QED) is 0.583. The van der Waals surface area contributed by atoms with E-state index in [0.717, 1.165) is 5.69 Å². The molecule has 148 valence electrons. The van der Waals surface area contributed by atoms with Crippen LogP contribution in [0.15, 0.2) is 79.1 Å². The topological polar surface area (TPSA) is 54.5 Å². The number of ether oxygens (including phenoxy) is 1. The van der Waals surface area contributed by atoms with E-state index in [2.05, 4.69) is 15.2 Å². The fourth-order valence-electron chi connectivity index (χ4n) is 2.63. The third-order valence-corrected chi connectivity index (χ3v) is 4.19. The number of pyridine rings is 1. The van der Waals surface area contributed by atoms with Crippen molar-refractivity contribution in [3.63, 3.8) is 0 Å². The molecular formula is C23H22FN3O2. The van der Waals surface area contributed by atoms with Crippen LogP contribution in [0.1, 0.15) is 5.56 Å². The van der Waals surface area contributed by atoms with E-state index in [1.807, 2.05) is 37.4 Å². The number of likely N-dealkylation sites (N-methyl/N-ethyl adjacent to an activating group) is 1. The molecule has 6 heteroatoms. The molecule has 1 amide bonds. The number of carbonyl (C=O) groups is 1. The second-order valence-corrected chi connectivity index (χ2v) is 6.36. The number of amides is 1. The molecule has 29 heavy (non-hydrogen) atoms. The highest BCUT2D eigenvalue weighted by atomic mass is 19.1. The third-order valence-electron chi connectivity index (χ3n) is 4.19. The van der Waals surface area contributed by atoms with Crippen molar-refractivity contribution < 1.29 is 13.9 Å². The third kappa shape index (κ3) is 6.17. The maximum absolute atomic E-state index is 14.2. The van der Waals surface area contributed by atoms with E-state index in [4.69, 9.17) is 4.74 Å². The van der Waals surface area contributed by atoms with E-state index < -0.39 is 5.82 Å². The molecule has 3 rings (SSSR count). The molecule has 2 aromatic carbocycles. The lowest BCUT2D eigenvalue weighted by molar-refractivity contribution is -0.116. The Morgan fingerprint density at radius 1 is 1.17 bits per heavy atom. The van der Waals surface area contributed by atoms with Crippen molar-refractivity contribution in [3.05, 3.63) is 90.5 Å². The average Bonchev–Trinajstić information content (AvgIpc) is 2.75. The average molecular weight is 391 g/mol. The van der Waals surface area contributed by atoms with Gasteiger partial charge in [0.05, 0.1) is 6.20 Å². The van der Waals surface area contributed by atoms with Gasteiger partial charge in [-0.15, -0.1) is 0 Å². The number of hydrogen-bond acceptors (Lipinski definition) is 4. The molecule has 0 aliphatic rings. The summed E-state index contributed by atoms with van der Waals surface area (Å²) in [7, 11) is 1.97. The first-order valence-electron chi connectivity index (χ1n) is 9.21.